The quantitative estimate of drug-likeness (QED) is 0.677. The van der Waals surface area contributed by atoms with E-state index in [1.54, 1.807) is 0 Å². The smallest absolute Gasteiger partial charge is 0.0610 e. The van der Waals surface area contributed by atoms with E-state index in [4.69, 9.17) is 4.74 Å². The molecule has 84 valence electrons. The minimum atomic E-state index is -0.0999. The molecular formula is C11H23NO2. The maximum atomic E-state index is 9.30. The average molecular weight is 201 g/mol. The Labute approximate surface area is 86.8 Å². The second-order valence-electron chi connectivity index (χ2n) is 4.58. The van der Waals surface area contributed by atoms with Gasteiger partial charge in [-0.05, 0) is 25.7 Å². The van der Waals surface area contributed by atoms with E-state index in [9.17, 15) is 5.11 Å². The van der Waals surface area contributed by atoms with Gasteiger partial charge in [0.05, 0.1) is 13.2 Å². The van der Waals surface area contributed by atoms with E-state index in [-0.39, 0.29) is 12.1 Å². The van der Waals surface area contributed by atoms with Crippen LogP contribution in [0.2, 0.25) is 0 Å². The molecule has 0 aromatic heterocycles. The molecule has 0 aromatic rings. The van der Waals surface area contributed by atoms with Crippen molar-refractivity contribution in [3.63, 3.8) is 0 Å². The second kappa shape index (κ2) is 5.69. The molecule has 1 fully saturated rings. The van der Waals surface area contributed by atoms with Gasteiger partial charge < -0.3 is 15.2 Å². The molecule has 1 aliphatic rings. The van der Waals surface area contributed by atoms with Crippen LogP contribution in [0.4, 0.5) is 0 Å². The van der Waals surface area contributed by atoms with Crippen molar-refractivity contribution in [1.29, 1.82) is 0 Å². The highest BCUT2D eigenvalue weighted by atomic mass is 16.5. The summed E-state index contributed by atoms with van der Waals surface area (Å²) in [4.78, 5) is 0. The third-order valence-electron chi connectivity index (χ3n) is 2.99. The lowest BCUT2D eigenvalue weighted by atomic mass is 9.96. The monoisotopic (exact) mass is 201 g/mol. The highest BCUT2D eigenvalue weighted by molar-refractivity contribution is 4.83. The molecule has 1 saturated heterocycles. The maximum absolute atomic E-state index is 9.30. The van der Waals surface area contributed by atoms with Crippen molar-refractivity contribution in [3.8, 4) is 0 Å². The average Bonchev–Trinajstić information content (AvgIpc) is 2.68. The van der Waals surface area contributed by atoms with E-state index in [0.29, 0.717) is 5.92 Å². The Morgan fingerprint density at radius 3 is 2.86 bits per heavy atom. The summed E-state index contributed by atoms with van der Waals surface area (Å²) in [6, 6.07) is 0. The molecule has 0 radical (unpaired) electrons. The number of hydrogen-bond acceptors (Lipinski definition) is 3. The van der Waals surface area contributed by atoms with Gasteiger partial charge in [-0.25, -0.2) is 0 Å². The third-order valence-corrected chi connectivity index (χ3v) is 2.99. The molecule has 0 aliphatic carbocycles. The van der Waals surface area contributed by atoms with Gasteiger partial charge in [0.1, 0.15) is 0 Å². The number of nitrogens with one attached hydrogen (secondary N) is 1. The molecule has 3 heteroatoms. The maximum Gasteiger partial charge on any atom is 0.0610 e. The number of aliphatic hydroxyl groups is 1. The van der Waals surface area contributed by atoms with E-state index in [0.717, 1.165) is 39.0 Å². The Morgan fingerprint density at radius 1 is 1.57 bits per heavy atom. The molecule has 0 aromatic carbocycles. The van der Waals surface area contributed by atoms with Gasteiger partial charge in [0.25, 0.3) is 0 Å². The molecular weight excluding hydrogens is 178 g/mol. The van der Waals surface area contributed by atoms with E-state index < -0.39 is 0 Å². The first kappa shape index (κ1) is 12.0. The second-order valence-corrected chi connectivity index (χ2v) is 4.58. The first-order valence-electron chi connectivity index (χ1n) is 5.64. The van der Waals surface area contributed by atoms with Gasteiger partial charge in [-0.3, -0.25) is 0 Å². The van der Waals surface area contributed by atoms with Gasteiger partial charge in [0.2, 0.25) is 0 Å². The molecule has 0 bridgehead atoms. The fourth-order valence-electron chi connectivity index (χ4n) is 1.91. The topological polar surface area (TPSA) is 41.5 Å². The predicted octanol–water partition coefficient (Wildman–Crippen LogP) is 1.16. The van der Waals surface area contributed by atoms with Crippen LogP contribution in [0.3, 0.4) is 0 Å². The van der Waals surface area contributed by atoms with Crippen LogP contribution in [0, 0.1) is 5.92 Å². The van der Waals surface area contributed by atoms with Crippen LogP contribution in [0.25, 0.3) is 0 Å². The zero-order valence-corrected chi connectivity index (χ0v) is 9.38. The molecule has 1 rings (SSSR count). The van der Waals surface area contributed by atoms with Crippen LogP contribution in [-0.2, 0) is 4.74 Å². The molecule has 1 heterocycles. The predicted molar refractivity (Wildman–Crippen MR) is 57.3 cm³/mol. The van der Waals surface area contributed by atoms with Gasteiger partial charge in [-0.1, -0.05) is 13.3 Å². The highest BCUT2D eigenvalue weighted by Gasteiger charge is 2.24. The first-order valence-corrected chi connectivity index (χ1v) is 5.64. The SMILES string of the molecule is CCCC(C)(CO)NCC1CCOC1. The summed E-state index contributed by atoms with van der Waals surface area (Å²) in [6.07, 6.45) is 3.28. The minimum Gasteiger partial charge on any atom is -0.394 e. The Kier molecular flexibility index (Phi) is 4.85. The minimum absolute atomic E-state index is 0.0999. The van der Waals surface area contributed by atoms with Crippen molar-refractivity contribution >= 4 is 0 Å². The fourth-order valence-corrected chi connectivity index (χ4v) is 1.91. The number of ether oxygens (including phenoxy) is 1. The van der Waals surface area contributed by atoms with E-state index in [2.05, 4.69) is 19.2 Å². The van der Waals surface area contributed by atoms with Gasteiger partial charge in [0, 0.05) is 18.7 Å². The largest absolute Gasteiger partial charge is 0.394 e. The van der Waals surface area contributed by atoms with Crippen LogP contribution in [0.1, 0.15) is 33.1 Å². The van der Waals surface area contributed by atoms with Crippen molar-refractivity contribution in [2.45, 2.75) is 38.6 Å². The normalized spacial score (nSPS) is 26.4. The van der Waals surface area contributed by atoms with Crippen LogP contribution in [-0.4, -0.2) is 37.0 Å². The van der Waals surface area contributed by atoms with Gasteiger partial charge in [-0.15, -0.1) is 0 Å². The molecule has 2 N–H and O–H groups in total. The molecule has 1 aliphatic heterocycles. The Balaban J connectivity index is 2.25. The molecule has 0 spiro atoms. The molecule has 2 unspecified atom stereocenters. The van der Waals surface area contributed by atoms with Crippen LogP contribution < -0.4 is 5.32 Å². The lowest BCUT2D eigenvalue weighted by Crippen LogP contribution is -2.47. The molecule has 0 amide bonds. The summed E-state index contributed by atoms with van der Waals surface area (Å²) >= 11 is 0. The van der Waals surface area contributed by atoms with Gasteiger partial charge in [-0.2, -0.15) is 0 Å². The number of hydrogen-bond donors (Lipinski definition) is 2. The lowest BCUT2D eigenvalue weighted by Gasteiger charge is -2.29. The molecule has 14 heavy (non-hydrogen) atoms. The van der Waals surface area contributed by atoms with Crippen molar-refractivity contribution in [2.75, 3.05) is 26.4 Å². The molecule has 0 saturated carbocycles. The highest BCUT2D eigenvalue weighted by Crippen LogP contribution is 2.15. The summed E-state index contributed by atoms with van der Waals surface area (Å²) in [6.45, 7) is 7.20. The lowest BCUT2D eigenvalue weighted by molar-refractivity contribution is 0.151. The summed E-state index contributed by atoms with van der Waals surface area (Å²) in [5.41, 5.74) is -0.0999. The summed E-state index contributed by atoms with van der Waals surface area (Å²) in [5, 5.41) is 12.8. The Hall–Kier alpha value is -0.120. The van der Waals surface area contributed by atoms with Crippen LogP contribution in [0.5, 0.6) is 0 Å². The van der Waals surface area contributed by atoms with Crippen molar-refractivity contribution in [1.82, 2.24) is 5.32 Å². The Bertz CT molecular complexity index is 157. The Morgan fingerprint density at radius 2 is 2.36 bits per heavy atom. The molecule has 3 nitrogen and oxygen atoms in total. The van der Waals surface area contributed by atoms with Gasteiger partial charge >= 0.3 is 0 Å². The third kappa shape index (κ3) is 3.56. The van der Waals surface area contributed by atoms with E-state index >= 15 is 0 Å². The zero-order chi connectivity index (χ0) is 10.4. The van der Waals surface area contributed by atoms with Crippen molar-refractivity contribution in [2.24, 2.45) is 5.92 Å². The summed E-state index contributed by atoms with van der Waals surface area (Å²) in [7, 11) is 0. The zero-order valence-electron chi connectivity index (χ0n) is 9.38. The summed E-state index contributed by atoms with van der Waals surface area (Å²) < 4.78 is 5.31. The van der Waals surface area contributed by atoms with Gasteiger partial charge in [0.15, 0.2) is 0 Å². The van der Waals surface area contributed by atoms with Crippen molar-refractivity contribution in [3.05, 3.63) is 0 Å². The first-order chi connectivity index (χ1) is 6.70. The van der Waals surface area contributed by atoms with E-state index in [1.807, 2.05) is 0 Å². The number of rotatable bonds is 6. The fraction of sp³-hybridized carbons (Fsp3) is 1.00. The van der Waals surface area contributed by atoms with Crippen LogP contribution >= 0.6 is 0 Å². The standard InChI is InChI=1S/C11H23NO2/c1-3-5-11(2,9-13)12-7-10-4-6-14-8-10/h10,12-13H,3-9H2,1-2H3. The molecule has 2 atom stereocenters. The van der Waals surface area contributed by atoms with E-state index in [1.165, 1.54) is 0 Å². The number of aliphatic hydroxyl groups excluding tert-OH is 1. The summed E-state index contributed by atoms with van der Waals surface area (Å²) in [5.74, 6) is 0.637. The van der Waals surface area contributed by atoms with Crippen molar-refractivity contribution < 1.29 is 9.84 Å². The van der Waals surface area contributed by atoms with Crippen LogP contribution in [0.15, 0.2) is 0 Å².